The molecule has 0 aliphatic heterocycles. The van der Waals surface area contributed by atoms with E-state index in [-0.39, 0.29) is 6.54 Å². The van der Waals surface area contributed by atoms with Crippen molar-refractivity contribution >= 4 is 23.2 Å². The Hall–Kier alpha value is -3.03. The van der Waals surface area contributed by atoms with Crippen molar-refractivity contribution in [1.29, 1.82) is 0 Å². The highest BCUT2D eigenvalue weighted by Crippen LogP contribution is 2.18. The molecule has 2 amide bonds. The lowest BCUT2D eigenvalue weighted by Crippen LogP contribution is -2.36. The zero-order valence-electron chi connectivity index (χ0n) is 12.4. The normalized spacial score (nSPS) is 11.0. The lowest BCUT2D eigenvalue weighted by Gasteiger charge is -2.13. The van der Waals surface area contributed by atoms with Crippen LogP contribution in [0.5, 0.6) is 0 Å². The Balaban J connectivity index is 2.10. The number of carbonyl (C=O) groups excluding carboxylic acids is 2. The molecule has 0 bridgehead atoms. The first-order valence-electron chi connectivity index (χ1n) is 6.87. The van der Waals surface area contributed by atoms with E-state index in [0.717, 1.165) is 0 Å². The molecule has 2 rings (SSSR count). The SMILES string of the molecule is Nc1ccc(C(=O)Nc2ccccc2CNC(=O)C(F)(F)F)cc1. The van der Waals surface area contributed by atoms with Gasteiger partial charge in [-0.2, -0.15) is 13.2 Å². The Morgan fingerprint density at radius 2 is 1.62 bits per heavy atom. The Labute approximate surface area is 135 Å². The summed E-state index contributed by atoms with van der Waals surface area (Å²) < 4.78 is 36.7. The molecule has 5 nitrogen and oxygen atoms in total. The quantitative estimate of drug-likeness (QED) is 0.750. The van der Waals surface area contributed by atoms with Crippen molar-refractivity contribution in [3.05, 3.63) is 59.7 Å². The fourth-order valence-electron chi connectivity index (χ4n) is 1.90. The van der Waals surface area contributed by atoms with Crippen LogP contribution in [0.2, 0.25) is 0 Å². The second-order valence-electron chi connectivity index (χ2n) is 4.91. The number of carbonyl (C=O) groups is 2. The second kappa shape index (κ2) is 7.03. The van der Waals surface area contributed by atoms with Crippen LogP contribution in [0.3, 0.4) is 0 Å². The Morgan fingerprint density at radius 3 is 2.25 bits per heavy atom. The van der Waals surface area contributed by atoms with Gasteiger partial charge in [0.15, 0.2) is 0 Å². The molecular formula is C16H14F3N3O2. The molecule has 0 spiro atoms. The van der Waals surface area contributed by atoms with Crippen molar-refractivity contribution in [3.8, 4) is 0 Å². The zero-order valence-corrected chi connectivity index (χ0v) is 12.4. The second-order valence-corrected chi connectivity index (χ2v) is 4.91. The van der Waals surface area contributed by atoms with E-state index < -0.39 is 18.0 Å². The molecule has 0 radical (unpaired) electrons. The van der Waals surface area contributed by atoms with Crippen LogP contribution in [0.1, 0.15) is 15.9 Å². The predicted octanol–water partition coefficient (Wildman–Crippen LogP) is 2.70. The largest absolute Gasteiger partial charge is 0.471 e. The maximum absolute atomic E-state index is 12.2. The van der Waals surface area contributed by atoms with Crippen molar-refractivity contribution in [1.82, 2.24) is 5.32 Å². The van der Waals surface area contributed by atoms with Crippen molar-refractivity contribution < 1.29 is 22.8 Å². The van der Waals surface area contributed by atoms with E-state index in [4.69, 9.17) is 5.73 Å². The fourth-order valence-corrected chi connectivity index (χ4v) is 1.90. The molecule has 0 aromatic heterocycles. The summed E-state index contributed by atoms with van der Waals surface area (Å²) in [5.41, 5.74) is 7.04. The van der Waals surface area contributed by atoms with E-state index in [1.165, 1.54) is 24.3 Å². The van der Waals surface area contributed by atoms with Crippen LogP contribution in [0.15, 0.2) is 48.5 Å². The first kappa shape index (κ1) is 17.3. The number of nitrogen functional groups attached to an aromatic ring is 1. The highest BCUT2D eigenvalue weighted by Gasteiger charge is 2.38. The predicted molar refractivity (Wildman–Crippen MR) is 83.2 cm³/mol. The van der Waals surface area contributed by atoms with Gasteiger partial charge in [-0.15, -0.1) is 0 Å². The van der Waals surface area contributed by atoms with E-state index >= 15 is 0 Å². The van der Waals surface area contributed by atoms with Gasteiger partial charge < -0.3 is 16.4 Å². The molecule has 4 N–H and O–H groups in total. The van der Waals surface area contributed by atoms with E-state index in [2.05, 4.69) is 5.32 Å². The van der Waals surface area contributed by atoms with Gasteiger partial charge >= 0.3 is 12.1 Å². The van der Waals surface area contributed by atoms with Gasteiger partial charge in [0.25, 0.3) is 5.91 Å². The van der Waals surface area contributed by atoms with E-state index in [1.807, 2.05) is 0 Å². The van der Waals surface area contributed by atoms with Crippen molar-refractivity contribution in [2.24, 2.45) is 0 Å². The molecule has 0 saturated heterocycles. The molecule has 0 heterocycles. The number of rotatable bonds is 4. The standard InChI is InChI=1S/C16H14F3N3O2/c17-16(18,19)15(24)21-9-11-3-1-2-4-13(11)22-14(23)10-5-7-12(20)8-6-10/h1-8H,9,20H2,(H,21,24)(H,22,23). The van der Waals surface area contributed by atoms with Crippen LogP contribution >= 0.6 is 0 Å². The van der Waals surface area contributed by atoms with Crippen molar-refractivity contribution in [3.63, 3.8) is 0 Å². The van der Waals surface area contributed by atoms with Gasteiger partial charge in [0.1, 0.15) is 0 Å². The van der Waals surface area contributed by atoms with Crippen LogP contribution in [-0.4, -0.2) is 18.0 Å². The minimum Gasteiger partial charge on any atom is -0.399 e. The monoisotopic (exact) mass is 337 g/mol. The number of alkyl halides is 3. The fraction of sp³-hybridized carbons (Fsp3) is 0.125. The molecule has 0 aliphatic carbocycles. The highest BCUT2D eigenvalue weighted by atomic mass is 19.4. The summed E-state index contributed by atoms with van der Waals surface area (Å²) in [5, 5.41) is 4.36. The molecule has 0 fully saturated rings. The first-order valence-corrected chi connectivity index (χ1v) is 6.87. The molecule has 0 saturated carbocycles. The number of benzene rings is 2. The van der Waals surface area contributed by atoms with Crippen LogP contribution in [0, 0.1) is 0 Å². The lowest BCUT2D eigenvalue weighted by atomic mass is 10.1. The smallest absolute Gasteiger partial charge is 0.399 e. The Bertz CT molecular complexity index is 743. The molecule has 0 atom stereocenters. The first-order chi connectivity index (χ1) is 11.3. The summed E-state index contributed by atoms with van der Waals surface area (Å²) in [4.78, 5) is 23.0. The third-order valence-corrected chi connectivity index (χ3v) is 3.14. The molecule has 126 valence electrons. The van der Waals surface area contributed by atoms with Crippen molar-refractivity contribution in [2.45, 2.75) is 12.7 Å². The molecular weight excluding hydrogens is 323 g/mol. The van der Waals surface area contributed by atoms with E-state index in [1.54, 1.807) is 29.6 Å². The van der Waals surface area contributed by atoms with E-state index in [0.29, 0.717) is 22.5 Å². The number of hydrogen-bond donors (Lipinski definition) is 3. The number of anilines is 2. The summed E-state index contributed by atoms with van der Waals surface area (Å²) in [6.07, 6.45) is -4.96. The van der Waals surface area contributed by atoms with Gasteiger partial charge in [0.2, 0.25) is 0 Å². The third kappa shape index (κ3) is 4.48. The summed E-state index contributed by atoms with van der Waals surface area (Å²) in [5.74, 6) is -2.48. The number of amides is 2. The summed E-state index contributed by atoms with van der Waals surface area (Å²) in [6, 6.07) is 12.4. The minimum absolute atomic E-state index is 0.307. The van der Waals surface area contributed by atoms with Gasteiger partial charge in [-0.05, 0) is 35.9 Å². The molecule has 0 aliphatic rings. The number of nitrogens with one attached hydrogen (secondary N) is 2. The minimum atomic E-state index is -4.96. The molecule has 24 heavy (non-hydrogen) atoms. The Morgan fingerprint density at radius 1 is 1.00 bits per heavy atom. The lowest BCUT2D eigenvalue weighted by molar-refractivity contribution is -0.173. The average molecular weight is 337 g/mol. The summed E-state index contributed by atoms with van der Waals surface area (Å²) in [6.45, 7) is -0.365. The van der Waals surface area contributed by atoms with Gasteiger partial charge in [0, 0.05) is 23.5 Å². The summed E-state index contributed by atoms with van der Waals surface area (Å²) >= 11 is 0. The summed E-state index contributed by atoms with van der Waals surface area (Å²) in [7, 11) is 0. The van der Waals surface area contributed by atoms with Gasteiger partial charge in [-0.3, -0.25) is 9.59 Å². The van der Waals surface area contributed by atoms with Crippen LogP contribution in [0.4, 0.5) is 24.5 Å². The number of hydrogen-bond acceptors (Lipinski definition) is 3. The molecule has 2 aromatic carbocycles. The van der Waals surface area contributed by atoms with Gasteiger partial charge in [-0.25, -0.2) is 0 Å². The van der Waals surface area contributed by atoms with E-state index in [9.17, 15) is 22.8 Å². The van der Waals surface area contributed by atoms with Crippen LogP contribution < -0.4 is 16.4 Å². The molecule has 0 unspecified atom stereocenters. The topological polar surface area (TPSA) is 84.2 Å². The maximum atomic E-state index is 12.2. The Kier molecular flexibility index (Phi) is 5.08. The highest BCUT2D eigenvalue weighted by molar-refractivity contribution is 6.04. The number of para-hydroxylation sites is 1. The molecule has 2 aromatic rings. The number of halogens is 3. The van der Waals surface area contributed by atoms with Gasteiger partial charge in [0.05, 0.1) is 0 Å². The maximum Gasteiger partial charge on any atom is 0.471 e. The third-order valence-electron chi connectivity index (χ3n) is 3.14. The number of nitrogens with two attached hydrogens (primary N) is 1. The van der Waals surface area contributed by atoms with Gasteiger partial charge in [-0.1, -0.05) is 18.2 Å². The average Bonchev–Trinajstić information content (AvgIpc) is 2.53. The molecule has 8 heteroatoms. The zero-order chi connectivity index (χ0) is 17.7. The van der Waals surface area contributed by atoms with Crippen molar-refractivity contribution in [2.75, 3.05) is 11.1 Å². The van der Waals surface area contributed by atoms with Crippen LogP contribution in [-0.2, 0) is 11.3 Å². The van der Waals surface area contributed by atoms with Crippen LogP contribution in [0.25, 0.3) is 0 Å².